The molecule has 0 spiro atoms. The first-order valence-corrected chi connectivity index (χ1v) is 10.9. The van der Waals surface area contributed by atoms with Gasteiger partial charge in [-0.2, -0.15) is 5.10 Å². The second-order valence-electron chi connectivity index (χ2n) is 7.64. The molecule has 34 heavy (non-hydrogen) atoms. The molecule has 1 unspecified atom stereocenters. The molecule has 176 valence electrons. The Morgan fingerprint density at radius 2 is 2.06 bits per heavy atom. The van der Waals surface area contributed by atoms with Crippen molar-refractivity contribution in [2.24, 2.45) is 5.73 Å². The van der Waals surface area contributed by atoms with Gasteiger partial charge in [0.1, 0.15) is 5.75 Å². The summed E-state index contributed by atoms with van der Waals surface area (Å²) in [7, 11) is 0. The van der Waals surface area contributed by atoms with Crippen LogP contribution in [0.2, 0.25) is 5.02 Å². The Morgan fingerprint density at radius 3 is 2.76 bits per heavy atom. The van der Waals surface area contributed by atoms with Crippen molar-refractivity contribution >= 4 is 29.9 Å². The Hall–Kier alpha value is -3.73. The average molecular weight is 485 g/mol. The molecule has 4 rings (SSSR count). The van der Waals surface area contributed by atoms with E-state index in [2.05, 4.69) is 10.4 Å². The SMILES string of the molecule is NCCCOc1cccc(-c2cc(C(=O)[N+]3(OC=O)CNC(=O)C3)nn2-c2cccc(Cl)c2)c1. The molecule has 1 aromatic heterocycles. The van der Waals surface area contributed by atoms with E-state index in [-0.39, 0.29) is 25.4 Å². The van der Waals surface area contributed by atoms with Gasteiger partial charge in [0, 0.05) is 16.7 Å². The van der Waals surface area contributed by atoms with Gasteiger partial charge in [0.25, 0.3) is 5.91 Å². The van der Waals surface area contributed by atoms with Crippen LogP contribution in [0.3, 0.4) is 0 Å². The minimum absolute atomic E-state index is 0.0165. The minimum atomic E-state index is -0.851. The molecule has 0 saturated carbocycles. The molecule has 0 aliphatic carbocycles. The van der Waals surface area contributed by atoms with E-state index < -0.39 is 16.5 Å². The number of quaternary nitrogens is 1. The smallest absolute Gasteiger partial charge is 0.409 e. The number of carbonyl (C=O) groups is 3. The molecule has 1 aliphatic heterocycles. The summed E-state index contributed by atoms with van der Waals surface area (Å²) >= 11 is 6.20. The lowest BCUT2D eigenvalue weighted by atomic mass is 10.1. The van der Waals surface area contributed by atoms with Gasteiger partial charge in [0.05, 0.1) is 18.0 Å². The van der Waals surface area contributed by atoms with Gasteiger partial charge in [-0.15, -0.1) is 0 Å². The van der Waals surface area contributed by atoms with Gasteiger partial charge < -0.3 is 15.8 Å². The molecule has 10 nitrogen and oxygen atoms in total. The highest BCUT2D eigenvalue weighted by atomic mass is 35.5. The van der Waals surface area contributed by atoms with Crippen molar-refractivity contribution in [3.8, 4) is 22.7 Å². The fraction of sp³-hybridized carbons (Fsp3) is 0.217. The van der Waals surface area contributed by atoms with Crippen LogP contribution < -0.4 is 15.8 Å². The summed E-state index contributed by atoms with van der Waals surface area (Å²) < 4.78 is 6.48. The molecule has 11 heteroatoms. The lowest BCUT2D eigenvalue weighted by molar-refractivity contribution is -1.01. The maximum Gasteiger partial charge on any atom is 0.409 e. The van der Waals surface area contributed by atoms with Crippen LogP contribution in [-0.4, -0.2) is 59.1 Å². The average Bonchev–Trinajstić information content (AvgIpc) is 3.44. The van der Waals surface area contributed by atoms with Crippen molar-refractivity contribution in [2.45, 2.75) is 6.42 Å². The molecule has 0 bridgehead atoms. The van der Waals surface area contributed by atoms with Gasteiger partial charge in [-0.3, -0.25) is 9.63 Å². The first-order valence-electron chi connectivity index (χ1n) is 10.6. The maximum atomic E-state index is 13.4. The topological polar surface area (TPSA) is 126 Å². The number of nitrogens with two attached hydrogens (primary N) is 1. The van der Waals surface area contributed by atoms with Gasteiger partial charge in [0.2, 0.25) is 13.2 Å². The van der Waals surface area contributed by atoms with Gasteiger partial charge >= 0.3 is 12.4 Å². The van der Waals surface area contributed by atoms with Gasteiger partial charge in [-0.05, 0) is 47.9 Å². The zero-order valence-electron chi connectivity index (χ0n) is 18.1. The van der Waals surface area contributed by atoms with Gasteiger partial charge in [-0.25, -0.2) is 14.3 Å². The highest BCUT2D eigenvalue weighted by molar-refractivity contribution is 6.30. The number of nitrogens with one attached hydrogen (secondary N) is 1. The number of ether oxygens (including phenoxy) is 1. The predicted octanol–water partition coefficient (Wildman–Crippen LogP) is 2.05. The van der Waals surface area contributed by atoms with Crippen LogP contribution in [0, 0.1) is 0 Å². The van der Waals surface area contributed by atoms with E-state index in [4.69, 9.17) is 26.9 Å². The molecule has 2 amide bonds. The summed E-state index contributed by atoms with van der Waals surface area (Å²) in [4.78, 5) is 41.4. The molecule has 1 fully saturated rings. The summed E-state index contributed by atoms with van der Waals surface area (Å²) in [5.74, 6) is -0.408. The van der Waals surface area contributed by atoms with E-state index in [9.17, 15) is 14.4 Å². The van der Waals surface area contributed by atoms with Crippen LogP contribution in [0.15, 0.2) is 54.6 Å². The number of rotatable bonds is 9. The number of hydroxylamine groups is 3. The third-order valence-electron chi connectivity index (χ3n) is 5.27. The lowest BCUT2D eigenvalue weighted by Crippen LogP contribution is -2.51. The molecule has 0 radical (unpaired) electrons. The standard InChI is InChI=1S/C23H22ClN5O5/c24-17-5-2-6-18(11-17)28-21(16-4-1-7-19(10-16)33-9-3-8-25)12-20(27-28)23(32)29(34-15-30)13-22(31)26-14-29/h1-2,4-7,10-12,15H,3,8-9,13-14,25H2/p+1. The summed E-state index contributed by atoms with van der Waals surface area (Å²) in [6.45, 7) is 0.630. The predicted molar refractivity (Wildman–Crippen MR) is 123 cm³/mol. The van der Waals surface area contributed by atoms with Gasteiger partial charge in [0.15, 0.2) is 5.69 Å². The highest BCUT2D eigenvalue weighted by Gasteiger charge is 2.49. The van der Waals surface area contributed by atoms with Crippen LogP contribution in [0.1, 0.15) is 16.9 Å². The fourth-order valence-electron chi connectivity index (χ4n) is 3.63. The molecule has 2 aromatic carbocycles. The molecule has 1 aliphatic rings. The summed E-state index contributed by atoms with van der Waals surface area (Å²) in [5, 5.41) is 7.51. The van der Waals surface area contributed by atoms with E-state index in [0.717, 1.165) is 5.56 Å². The highest BCUT2D eigenvalue weighted by Crippen LogP contribution is 2.29. The van der Waals surface area contributed by atoms with Crippen molar-refractivity contribution in [1.29, 1.82) is 0 Å². The second-order valence-corrected chi connectivity index (χ2v) is 8.07. The van der Waals surface area contributed by atoms with Crippen molar-refractivity contribution in [3.05, 3.63) is 65.3 Å². The normalized spacial score (nSPS) is 17.3. The van der Waals surface area contributed by atoms with Crippen LogP contribution >= 0.6 is 11.6 Å². The lowest BCUT2D eigenvalue weighted by Gasteiger charge is -2.22. The summed E-state index contributed by atoms with van der Waals surface area (Å²) in [5.41, 5.74) is 7.49. The third-order valence-corrected chi connectivity index (χ3v) is 5.51. The Bertz CT molecular complexity index is 1230. The first-order chi connectivity index (χ1) is 16.5. The second kappa shape index (κ2) is 10.0. The quantitative estimate of drug-likeness (QED) is 0.270. The Morgan fingerprint density at radius 1 is 1.24 bits per heavy atom. The van der Waals surface area contributed by atoms with E-state index in [1.54, 1.807) is 35.0 Å². The maximum absolute atomic E-state index is 13.4. The van der Waals surface area contributed by atoms with Crippen LogP contribution in [0.4, 0.5) is 0 Å². The molecule has 1 atom stereocenters. The fourth-order valence-corrected chi connectivity index (χ4v) is 3.82. The third kappa shape index (κ3) is 4.79. The van der Waals surface area contributed by atoms with Crippen molar-refractivity contribution in [1.82, 2.24) is 15.1 Å². The van der Waals surface area contributed by atoms with E-state index in [1.807, 2.05) is 24.3 Å². The number of hydrogen-bond acceptors (Lipinski definition) is 7. The number of aromatic nitrogens is 2. The largest absolute Gasteiger partial charge is 0.494 e. The molecule has 3 aromatic rings. The van der Waals surface area contributed by atoms with E-state index in [0.29, 0.717) is 41.7 Å². The van der Waals surface area contributed by atoms with E-state index in [1.165, 1.54) is 0 Å². The summed E-state index contributed by atoms with van der Waals surface area (Å²) in [6.07, 6.45) is 0.715. The zero-order chi connectivity index (χ0) is 24.1. The molecule has 3 N–H and O–H groups in total. The van der Waals surface area contributed by atoms with Crippen LogP contribution in [-0.2, 0) is 14.4 Å². The first kappa shape index (κ1) is 23.4. The Labute approximate surface area is 200 Å². The van der Waals surface area contributed by atoms with Gasteiger partial charge in [-0.1, -0.05) is 29.8 Å². The number of halogens is 1. The summed E-state index contributed by atoms with van der Waals surface area (Å²) in [6, 6.07) is 15.9. The van der Waals surface area contributed by atoms with Crippen LogP contribution in [0.5, 0.6) is 5.75 Å². The van der Waals surface area contributed by atoms with Crippen molar-refractivity contribution in [2.75, 3.05) is 26.4 Å². The number of nitrogens with zero attached hydrogens (tertiary/aromatic N) is 3. The molecule has 2 heterocycles. The molecular weight excluding hydrogens is 462 g/mol. The molecule has 1 saturated heterocycles. The molecular formula is C23H23ClN5O5+. The number of benzene rings is 2. The Balaban J connectivity index is 1.79. The number of hydrogen-bond donors (Lipinski definition) is 2. The monoisotopic (exact) mass is 484 g/mol. The zero-order valence-corrected chi connectivity index (χ0v) is 18.9. The Kier molecular flexibility index (Phi) is 6.92. The number of carbonyl (C=O) groups excluding carboxylic acids is 3. The van der Waals surface area contributed by atoms with Crippen molar-refractivity contribution in [3.63, 3.8) is 0 Å². The van der Waals surface area contributed by atoms with E-state index >= 15 is 0 Å². The minimum Gasteiger partial charge on any atom is -0.494 e. The van der Waals surface area contributed by atoms with Crippen LogP contribution in [0.25, 0.3) is 16.9 Å². The van der Waals surface area contributed by atoms with Crippen molar-refractivity contribution < 1.29 is 28.6 Å². The number of amides is 2.